The van der Waals surface area contributed by atoms with Crippen LogP contribution < -0.4 is 9.47 Å². The summed E-state index contributed by atoms with van der Waals surface area (Å²) in [6.07, 6.45) is 0. The summed E-state index contributed by atoms with van der Waals surface area (Å²) in [7, 11) is 3.31. The van der Waals surface area contributed by atoms with Crippen LogP contribution in [-0.4, -0.2) is 24.4 Å². The summed E-state index contributed by atoms with van der Waals surface area (Å²) in [6, 6.07) is 15.6. The Morgan fingerprint density at radius 2 is 1.71 bits per heavy atom. The summed E-state index contributed by atoms with van der Waals surface area (Å²) in [4.78, 5) is 4.44. The smallest absolute Gasteiger partial charge is 0.236 e. The first-order valence-corrected chi connectivity index (χ1v) is 8.61. The van der Waals surface area contributed by atoms with Crippen LogP contribution in [0.15, 0.2) is 53.1 Å². The molecule has 0 radical (unpaired) electrons. The van der Waals surface area contributed by atoms with Crippen LogP contribution in [0.5, 0.6) is 11.5 Å². The van der Waals surface area contributed by atoms with Gasteiger partial charge in [-0.15, -0.1) is 11.8 Å². The van der Waals surface area contributed by atoms with Gasteiger partial charge in [-0.05, 0) is 29.8 Å². The highest BCUT2D eigenvalue weighted by Gasteiger charge is 2.09. The number of hydrogen-bond donors (Lipinski definition) is 0. The summed E-state index contributed by atoms with van der Waals surface area (Å²) >= 11 is 1.72. The van der Waals surface area contributed by atoms with Gasteiger partial charge in [0, 0.05) is 11.3 Å². The third-order valence-electron chi connectivity index (χ3n) is 3.42. The average Bonchev–Trinajstić information content (AvgIpc) is 3.11. The van der Waals surface area contributed by atoms with Crippen molar-refractivity contribution in [3.63, 3.8) is 0 Å². The van der Waals surface area contributed by atoms with Gasteiger partial charge in [0.05, 0.1) is 20.0 Å². The first-order valence-electron chi connectivity index (χ1n) is 7.46. The van der Waals surface area contributed by atoms with E-state index in [0.29, 0.717) is 17.5 Å². The lowest BCUT2D eigenvalue weighted by Gasteiger charge is -2.03. The third kappa shape index (κ3) is 4.08. The number of ether oxygens (including phenoxy) is 2. The Hall–Kier alpha value is -2.47. The molecule has 0 N–H and O–H groups in total. The molecule has 3 aromatic rings. The zero-order valence-electron chi connectivity index (χ0n) is 13.6. The van der Waals surface area contributed by atoms with Crippen LogP contribution in [-0.2, 0) is 11.5 Å². The van der Waals surface area contributed by atoms with E-state index in [0.717, 1.165) is 22.8 Å². The highest BCUT2D eigenvalue weighted by molar-refractivity contribution is 7.97. The molecule has 0 saturated carbocycles. The number of hydrogen-bond acceptors (Lipinski definition) is 6. The Morgan fingerprint density at radius 1 is 0.958 bits per heavy atom. The predicted molar refractivity (Wildman–Crippen MR) is 94.3 cm³/mol. The molecule has 3 rings (SSSR count). The first-order chi connectivity index (χ1) is 11.8. The Labute approximate surface area is 145 Å². The van der Waals surface area contributed by atoms with Crippen molar-refractivity contribution in [3.05, 3.63) is 60.0 Å². The summed E-state index contributed by atoms with van der Waals surface area (Å²) in [5.74, 6) is 4.34. The summed E-state index contributed by atoms with van der Waals surface area (Å²) in [6.45, 7) is 0. The molecule has 0 aliphatic carbocycles. The molecule has 124 valence electrons. The SMILES string of the molecule is COc1cccc(CSCc2nc(-c3cccc(OC)c3)no2)c1. The van der Waals surface area contributed by atoms with E-state index in [4.69, 9.17) is 14.0 Å². The van der Waals surface area contributed by atoms with Crippen molar-refractivity contribution >= 4 is 11.8 Å². The predicted octanol–water partition coefficient (Wildman–Crippen LogP) is 4.19. The molecule has 0 aliphatic rings. The fraction of sp³-hybridized carbons (Fsp3) is 0.222. The van der Waals surface area contributed by atoms with Crippen molar-refractivity contribution in [2.24, 2.45) is 0 Å². The third-order valence-corrected chi connectivity index (χ3v) is 4.41. The Bertz CT molecular complexity index is 804. The van der Waals surface area contributed by atoms with Crippen molar-refractivity contribution in [2.75, 3.05) is 14.2 Å². The van der Waals surface area contributed by atoms with E-state index >= 15 is 0 Å². The molecule has 5 nitrogen and oxygen atoms in total. The van der Waals surface area contributed by atoms with Crippen molar-refractivity contribution in [3.8, 4) is 22.9 Å². The van der Waals surface area contributed by atoms with Gasteiger partial charge in [0.25, 0.3) is 0 Å². The number of aromatic nitrogens is 2. The van der Waals surface area contributed by atoms with E-state index in [9.17, 15) is 0 Å². The van der Waals surface area contributed by atoms with E-state index in [1.54, 1.807) is 26.0 Å². The zero-order valence-corrected chi connectivity index (χ0v) is 14.4. The van der Waals surface area contributed by atoms with Gasteiger partial charge in [-0.3, -0.25) is 0 Å². The van der Waals surface area contributed by atoms with Crippen LogP contribution in [0.2, 0.25) is 0 Å². The summed E-state index contributed by atoms with van der Waals surface area (Å²) < 4.78 is 15.8. The van der Waals surface area contributed by atoms with Crippen molar-refractivity contribution in [1.29, 1.82) is 0 Å². The van der Waals surface area contributed by atoms with Gasteiger partial charge >= 0.3 is 0 Å². The van der Waals surface area contributed by atoms with Gasteiger partial charge in [0.15, 0.2) is 0 Å². The second-order valence-electron chi connectivity index (χ2n) is 5.09. The van der Waals surface area contributed by atoms with E-state index < -0.39 is 0 Å². The van der Waals surface area contributed by atoms with Gasteiger partial charge in [-0.1, -0.05) is 29.4 Å². The maximum absolute atomic E-state index is 5.33. The summed E-state index contributed by atoms with van der Waals surface area (Å²) in [5, 5.41) is 4.04. The Morgan fingerprint density at radius 3 is 2.50 bits per heavy atom. The highest BCUT2D eigenvalue weighted by Crippen LogP contribution is 2.24. The van der Waals surface area contributed by atoms with Crippen molar-refractivity contribution in [2.45, 2.75) is 11.5 Å². The topological polar surface area (TPSA) is 57.4 Å². The van der Waals surface area contributed by atoms with Gasteiger partial charge in [0.2, 0.25) is 11.7 Å². The van der Waals surface area contributed by atoms with Crippen LogP contribution in [0.25, 0.3) is 11.4 Å². The fourth-order valence-electron chi connectivity index (χ4n) is 2.21. The molecule has 0 aliphatic heterocycles. The number of methoxy groups -OCH3 is 2. The fourth-order valence-corrected chi connectivity index (χ4v) is 3.02. The van der Waals surface area contributed by atoms with E-state index in [2.05, 4.69) is 16.2 Å². The first kappa shape index (κ1) is 16.4. The molecule has 0 unspecified atom stereocenters. The van der Waals surface area contributed by atoms with E-state index in [-0.39, 0.29) is 0 Å². The molecule has 2 aromatic carbocycles. The molecule has 0 saturated heterocycles. The minimum absolute atomic E-state index is 0.575. The van der Waals surface area contributed by atoms with Gasteiger partial charge in [-0.2, -0.15) is 4.98 Å². The van der Waals surface area contributed by atoms with Gasteiger partial charge in [-0.25, -0.2) is 0 Å². The molecular formula is C18H18N2O3S. The largest absolute Gasteiger partial charge is 0.497 e. The molecule has 0 spiro atoms. The molecule has 0 fully saturated rings. The number of rotatable bonds is 7. The number of benzene rings is 2. The molecule has 24 heavy (non-hydrogen) atoms. The van der Waals surface area contributed by atoms with Crippen LogP contribution in [0.3, 0.4) is 0 Å². The van der Waals surface area contributed by atoms with Crippen LogP contribution >= 0.6 is 11.8 Å². The summed E-state index contributed by atoms with van der Waals surface area (Å²) in [5.41, 5.74) is 2.08. The van der Waals surface area contributed by atoms with Gasteiger partial charge in [0.1, 0.15) is 11.5 Å². The minimum Gasteiger partial charge on any atom is -0.497 e. The lowest BCUT2D eigenvalue weighted by molar-refractivity contribution is 0.391. The molecule has 0 atom stereocenters. The van der Waals surface area contributed by atoms with Gasteiger partial charge < -0.3 is 14.0 Å². The molecule has 1 heterocycles. The zero-order chi connectivity index (χ0) is 16.8. The lowest BCUT2D eigenvalue weighted by Crippen LogP contribution is -1.87. The second kappa shape index (κ2) is 7.88. The quantitative estimate of drug-likeness (QED) is 0.642. The molecule has 0 bridgehead atoms. The van der Waals surface area contributed by atoms with Crippen molar-refractivity contribution in [1.82, 2.24) is 10.1 Å². The normalized spacial score (nSPS) is 10.6. The second-order valence-corrected chi connectivity index (χ2v) is 6.07. The maximum atomic E-state index is 5.33. The number of nitrogens with zero attached hydrogens (tertiary/aromatic N) is 2. The van der Waals surface area contributed by atoms with Crippen LogP contribution in [0.4, 0.5) is 0 Å². The molecular weight excluding hydrogens is 324 g/mol. The van der Waals surface area contributed by atoms with Crippen molar-refractivity contribution < 1.29 is 14.0 Å². The highest BCUT2D eigenvalue weighted by atomic mass is 32.2. The van der Waals surface area contributed by atoms with Crippen LogP contribution in [0.1, 0.15) is 11.5 Å². The van der Waals surface area contributed by atoms with E-state index in [1.165, 1.54) is 5.56 Å². The molecule has 0 amide bonds. The number of thioether (sulfide) groups is 1. The lowest BCUT2D eigenvalue weighted by atomic mass is 10.2. The van der Waals surface area contributed by atoms with Crippen LogP contribution in [0, 0.1) is 0 Å². The minimum atomic E-state index is 0.575. The Kier molecular flexibility index (Phi) is 5.38. The molecule has 1 aromatic heterocycles. The monoisotopic (exact) mass is 342 g/mol. The molecule has 6 heteroatoms. The average molecular weight is 342 g/mol. The standard InChI is InChI=1S/C18H18N2O3S/c1-21-15-7-3-5-13(9-15)11-24-12-17-19-18(20-23-17)14-6-4-8-16(10-14)22-2/h3-10H,11-12H2,1-2H3. The maximum Gasteiger partial charge on any atom is 0.236 e. The van der Waals surface area contributed by atoms with E-state index in [1.807, 2.05) is 42.5 Å². The Balaban J connectivity index is 1.59.